The van der Waals surface area contributed by atoms with Crippen LogP contribution in [0.4, 0.5) is 0 Å². The second-order valence-electron chi connectivity index (χ2n) is 6.16. The molecule has 0 amide bonds. The van der Waals surface area contributed by atoms with Gasteiger partial charge in [0.05, 0.1) is 6.54 Å². The summed E-state index contributed by atoms with van der Waals surface area (Å²) in [5, 5.41) is 11.7. The van der Waals surface area contributed by atoms with E-state index < -0.39 is 0 Å². The van der Waals surface area contributed by atoms with E-state index >= 15 is 0 Å². The van der Waals surface area contributed by atoms with Gasteiger partial charge in [0.25, 0.3) is 0 Å². The van der Waals surface area contributed by atoms with Gasteiger partial charge in [-0.1, -0.05) is 48.3 Å². The van der Waals surface area contributed by atoms with Gasteiger partial charge in [-0.15, -0.1) is 0 Å². The predicted octanol–water partition coefficient (Wildman–Crippen LogP) is 4.19. The number of nitrogens with one attached hydrogen (secondary N) is 2. The number of guanidine groups is 1. The van der Waals surface area contributed by atoms with E-state index in [1.54, 1.807) is 6.07 Å². The molecule has 0 fully saturated rings. The minimum Gasteiger partial charge on any atom is -0.357 e. The van der Waals surface area contributed by atoms with Crippen LogP contribution in [0, 0.1) is 0 Å². The number of aryl methyl sites for hydroxylation is 1. The molecule has 0 aliphatic carbocycles. The lowest BCUT2D eigenvalue weighted by atomic mass is 10.2. The summed E-state index contributed by atoms with van der Waals surface area (Å²) in [6.07, 6.45) is 1.60. The zero-order valence-corrected chi connectivity index (χ0v) is 16.9. The first kappa shape index (κ1) is 20.5. The highest BCUT2D eigenvalue weighted by atomic mass is 35.5. The molecule has 6 nitrogen and oxygen atoms in total. The van der Waals surface area contributed by atoms with Crippen molar-refractivity contribution in [1.29, 1.82) is 0 Å². The average Bonchev–Trinajstić information content (AvgIpc) is 3.07. The Hall–Kier alpha value is -1.79. The van der Waals surface area contributed by atoms with Gasteiger partial charge >= 0.3 is 0 Å². The third-order valence-electron chi connectivity index (χ3n) is 3.63. The second kappa shape index (κ2) is 10.4. The van der Waals surface area contributed by atoms with Gasteiger partial charge in [0, 0.05) is 35.5 Å². The Morgan fingerprint density at radius 2 is 2.08 bits per heavy atom. The van der Waals surface area contributed by atoms with E-state index in [1.807, 2.05) is 32.9 Å². The molecule has 2 aromatic rings. The molecule has 0 saturated heterocycles. The summed E-state index contributed by atoms with van der Waals surface area (Å²) in [6.45, 7) is 8.12. The molecule has 26 heavy (non-hydrogen) atoms. The van der Waals surface area contributed by atoms with Crippen LogP contribution in [0.5, 0.6) is 0 Å². The van der Waals surface area contributed by atoms with Gasteiger partial charge in [-0.25, -0.2) is 4.99 Å². The normalized spacial score (nSPS) is 11.8. The Morgan fingerprint density at radius 3 is 2.73 bits per heavy atom. The van der Waals surface area contributed by atoms with Crippen LogP contribution >= 0.6 is 23.2 Å². The first-order chi connectivity index (χ1) is 12.5. The molecule has 1 aromatic carbocycles. The van der Waals surface area contributed by atoms with Crippen LogP contribution in [0.15, 0.2) is 27.7 Å². The number of hydrogen-bond acceptors (Lipinski definition) is 4. The molecule has 2 rings (SSSR count). The first-order valence-electron chi connectivity index (χ1n) is 8.78. The minimum absolute atomic E-state index is 0.276. The fourth-order valence-electron chi connectivity index (χ4n) is 2.21. The van der Waals surface area contributed by atoms with Crippen LogP contribution in [-0.4, -0.2) is 29.2 Å². The summed E-state index contributed by atoms with van der Waals surface area (Å²) in [6, 6.07) is 5.43. The number of halogens is 2. The fourth-order valence-corrected chi connectivity index (χ4v) is 2.67. The van der Waals surface area contributed by atoms with Crippen LogP contribution in [0.25, 0.3) is 0 Å². The van der Waals surface area contributed by atoms with Crippen molar-refractivity contribution in [3.8, 4) is 0 Å². The van der Waals surface area contributed by atoms with Crippen molar-refractivity contribution >= 4 is 29.2 Å². The summed E-state index contributed by atoms with van der Waals surface area (Å²) >= 11 is 12.1. The molecule has 0 spiro atoms. The van der Waals surface area contributed by atoms with Gasteiger partial charge in [-0.2, -0.15) is 4.98 Å². The highest BCUT2D eigenvalue weighted by Crippen LogP contribution is 2.21. The van der Waals surface area contributed by atoms with Crippen molar-refractivity contribution in [2.45, 2.75) is 46.1 Å². The molecule has 0 aliphatic heterocycles. The summed E-state index contributed by atoms with van der Waals surface area (Å²) < 4.78 is 5.25. The van der Waals surface area contributed by atoms with Crippen molar-refractivity contribution in [1.82, 2.24) is 20.8 Å². The molecular weight excluding hydrogens is 373 g/mol. The monoisotopic (exact) mass is 397 g/mol. The summed E-state index contributed by atoms with van der Waals surface area (Å²) in [7, 11) is 0. The van der Waals surface area contributed by atoms with Crippen LogP contribution in [0.3, 0.4) is 0 Å². The largest absolute Gasteiger partial charge is 0.357 e. The smallest absolute Gasteiger partial charge is 0.226 e. The molecule has 0 atom stereocenters. The highest BCUT2D eigenvalue weighted by molar-refractivity contribution is 6.35. The Labute approximate surface area is 164 Å². The molecule has 142 valence electrons. The molecule has 1 aromatic heterocycles. The standard InChI is InChI=1S/C18H25Cl2N5O/c1-4-21-18(23-11-13-7-8-14(19)10-15(13)20)22-9-5-6-16-24-17(12(2)3)25-26-16/h7-8,10,12H,4-6,9,11H2,1-3H3,(H2,21,22,23). The Morgan fingerprint density at radius 1 is 1.27 bits per heavy atom. The Kier molecular flexibility index (Phi) is 8.19. The molecule has 0 aliphatic rings. The number of benzene rings is 1. The van der Waals surface area contributed by atoms with Crippen molar-refractivity contribution < 1.29 is 4.52 Å². The lowest BCUT2D eigenvalue weighted by Gasteiger charge is -2.11. The predicted molar refractivity (Wildman–Crippen MR) is 106 cm³/mol. The maximum absolute atomic E-state index is 6.19. The van der Waals surface area contributed by atoms with Crippen LogP contribution < -0.4 is 10.6 Å². The molecule has 0 saturated carbocycles. The van der Waals surface area contributed by atoms with Gasteiger partial charge in [0.1, 0.15) is 0 Å². The topological polar surface area (TPSA) is 75.3 Å². The van der Waals surface area contributed by atoms with Gasteiger partial charge in [0.2, 0.25) is 5.89 Å². The average molecular weight is 398 g/mol. The summed E-state index contributed by atoms with van der Waals surface area (Å²) in [5.74, 6) is 2.44. The van der Waals surface area contributed by atoms with E-state index in [0.717, 1.165) is 43.3 Å². The molecule has 2 N–H and O–H groups in total. The molecule has 1 heterocycles. The van der Waals surface area contributed by atoms with Crippen LogP contribution in [0.1, 0.15) is 50.4 Å². The molecule has 8 heteroatoms. The van der Waals surface area contributed by atoms with E-state index in [2.05, 4.69) is 25.8 Å². The first-order valence-corrected chi connectivity index (χ1v) is 9.53. The second-order valence-corrected chi connectivity index (χ2v) is 7.01. The number of nitrogens with zero attached hydrogens (tertiary/aromatic N) is 3. The SMILES string of the molecule is CCNC(=NCc1ccc(Cl)cc1Cl)NCCCc1nc(C(C)C)no1. The van der Waals surface area contributed by atoms with Crippen molar-refractivity contribution in [3.63, 3.8) is 0 Å². The van der Waals surface area contributed by atoms with Gasteiger partial charge in [-0.05, 0) is 31.0 Å². The highest BCUT2D eigenvalue weighted by Gasteiger charge is 2.09. The molecular formula is C18H25Cl2N5O. The van der Waals surface area contributed by atoms with Gasteiger partial charge < -0.3 is 15.2 Å². The molecule has 0 bridgehead atoms. The van der Waals surface area contributed by atoms with E-state index in [4.69, 9.17) is 27.7 Å². The van der Waals surface area contributed by atoms with Gasteiger partial charge in [-0.3, -0.25) is 0 Å². The zero-order chi connectivity index (χ0) is 18.9. The lowest BCUT2D eigenvalue weighted by Crippen LogP contribution is -2.37. The maximum atomic E-state index is 6.19. The maximum Gasteiger partial charge on any atom is 0.226 e. The molecule has 0 radical (unpaired) electrons. The Balaban J connectivity index is 1.83. The summed E-state index contributed by atoms with van der Waals surface area (Å²) in [5.41, 5.74) is 0.931. The van der Waals surface area contributed by atoms with E-state index in [9.17, 15) is 0 Å². The Bertz CT molecular complexity index is 730. The van der Waals surface area contributed by atoms with E-state index in [1.165, 1.54) is 0 Å². The number of rotatable bonds is 8. The van der Waals surface area contributed by atoms with E-state index in [0.29, 0.717) is 22.5 Å². The number of aromatic nitrogens is 2. The lowest BCUT2D eigenvalue weighted by molar-refractivity contribution is 0.368. The third-order valence-corrected chi connectivity index (χ3v) is 4.21. The third kappa shape index (κ3) is 6.50. The quantitative estimate of drug-likeness (QED) is 0.396. The van der Waals surface area contributed by atoms with Gasteiger partial charge in [0.15, 0.2) is 11.8 Å². The van der Waals surface area contributed by atoms with Crippen molar-refractivity contribution in [2.75, 3.05) is 13.1 Å². The van der Waals surface area contributed by atoms with Crippen molar-refractivity contribution in [2.24, 2.45) is 4.99 Å². The molecule has 0 unspecified atom stereocenters. The minimum atomic E-state index is 0.276. The summed E-state index contributed by atoms with van der Waals surface area (Å²) in [4.78, 5) is 8.94. The number of aliphatic imine (C=N–C) groups is 1. The zero-order valence-electron chi connectivity index (χ0n) is 15.4. The van der Waals surface area contributed by atoms with Crippen LogP contribution in [-0.2, 0) is 13.0 Å². The van der Waals surface area contributed by atoms with Crippen LogP contribution in [0.2, 0.25) is 10.0 Å². The number of hydrogen-bond donors (Lipinski definition) is 2. The van der Waals surface area contributed by atoms with Crippen molar-refractivity contribution in [3.05, 3.63) is 45.5 Å². The van der Waals surface area contributed by atoms with E-state index in [-0.39, 0.29) is 5.92 Å². The fraction of sp³-hybridized carbons (Fsp3) is 0.500.